The van der Waals surface area contributed by atoms with Crippen molar-refractivity contribution >= 4 is 22.0 Å². The van der Waals surface area contributed by atoms with E-state index in [0.717, 1.165) is 14.1 Å². The number of alkyl halides is 17. The van der Waals surface area contributed by atoms with E-state index in [-0.39, 0.29) is 0 Å². The fraction of sp³-hybridized carbons (Fsp3) is 0.882. The quantitative estimate of drug-likeness (QED) is 0.196. The molecule has 0 bridgehead atoms. The lowest BCUT2D eigenvalue weighted by molar-refractivity contribution is -0.884. The topological polar surface area (TPSA) is 115 Å². The molecular weight excluding hydrogens is 683 g/mol. The van der Waals surface area contributed by atoms with Gasteiger partial charge in [-0.2, -0.15) is 78.9 Å². The zero-order valence-electron chi connectivity index (χ0n) is 20.8. The van der Waals surface area contributed by atoms with Crippen LogP contribution in [0.1, 0.15) is 6.42 Å². The highest BCUT2D eigenvalue weighted by molar-refractivity contribution is 7.90. The molecule has 0 aromatic heterocycles. The molecule has 43 heavy (non-hydrogen) atoms. The van der Waals surface area contributed by atoms with Gasteiger partial charge in [-0.25, -0.2) is 8.42 Å². The van der Waals surface area contributed by atoms with Gasteiger partial charge >= 0.3 is 52.9 Å². The molecule has 0 rings (SSSR count). The summed E-state index contributed by atoms with van der Waals surface area (Å²) < 4.78 is 251. The van der Waals surface area contributed by atoms with Crippen molar-refractivity contribution in [3.05, 3.63) is 0 Å². The van der Waals surface area contributed by atoms with E-state index in [1.807, 2.05) is 0 Å². The SMILES string of the molecule is C[N+](C)(CCCN(CC(=O)O)S(=O)(=O)C(F)(F)C(F)(F)C(F)(F)C(F)(F)C(F)(F)C(F)(F)C(F)(F)C(F)(F)F)CC(=O)[O-]. The number of likely N-dealkylation sites (N-methyl/N-ethyl adjacent to an activating group) is 1. The van der Waals surface area contributed by atoms with Gasteiger partial charge in [-0.05, 0) is 0 Å². The first kappa shape index (κ1) is 40.6. The molecule has 0 saturated carbocycles. The number of sulfonamides is 1. The lowest BCUT2D eigenvalue weighted by Gasteiger charge is -2.43. The summed E-state index contributed by atoms with van der Waals surface area (Å²) in [4.78, 5) is 21.5. The summed E-state index contributed by atoms with van der Waals surface area (Å²) in [6, 6.07) is 0. The minimum Gasteiger partial charge on any atom is -0.544 e. The molecule has 0 amide bonds. The molecule has 1 N–H and O–H groups in total. The van der Waals surface area contributed by atoms with Crippen LogP contribution in [0, 0.1) is 0 Å². The van der Waals surface area contributed by atoms with Crippen LogP contribution in [0.15, 0.2) is 0 Å². The number of rotatable bonds is 16. The zero-order chi connectivity index (χ0) is 35.3. The van der Waals surface area contributed by atoms with E-state index >= 15 is 0 Å². The Morgan fingerprint density at radius 2 is 1.05 bits per heavy atom. The van der Waals surface area contributed by atoms with Crippen LogP contribution in [0.5, 0.6) is 0 Å². The number of carboxylic acid groups (broad SMARTS) is 2. The van der Waals surface area contributed by atoms with Gasteiger partial charge < -0.3 is 19.5 Å². The Hall–Kier alpha value is -2.38. The Balaban J connectivity index is 6.91. The fourth-order valence-electron chi connectivity index (χ4n) is 3.01. The number of quaternary nitrogens is 1. The number of nitrogens with zero attached hydrogens (tertiary/aromatic N) is 2. The van der Waals surface area contributed by atoms with E-state index < -0.39 is 110 Å². The predicted molar refractivity (Wildman–Crippen MR) is 100 cm³/mol. The largest absolute Gasteiger partial charge is 0.544 e. The van der Waals surface area contributed by atoms with E-state index in [9.17, 15) is 97.8 Å². The van der Waals surface area contributed by atoms with Gasteiger partial charge in [0.05, 0.1) is 26.6 Å². The van der Waals surface area contributed by atoms with E-state index in [1.54, 1.807) is 0 Å². The zero-order valence-corrected chi connectivity index (χ0v) is 21.6. The maximum Gasteiger partial charge on any atom is 0.460 e. The summed E-state index contributed by atoms with van der Waals surface area (Å²) in [5.41, 5.74) is 0. The minimum absolute atomic E-state index is 0.690. The molecule has 0 aromatic rings. The number of carboxylic acids is 2. The molecule has 26 heteroatoms. The second-order valence-electron chi connectivity index (χ2n) is 9.24. The van der Waals surface area contributed by atoms with E-state index in [2.05, 4.69) is 0 Å². The molecule has 0 aliphatic heterocycles. The lowest BCUT2D eigenvalue weighted by atomic mass is 9.91. The van der Waals surface area contributed by atoms with Crippen LogP contribution in [0.3, 0.4) is 0 Å². The first-order valence-corrected chi connectivity index (χ1v) is 11.8. The molecule has 0 fully saturated rings. The average Bonchev–Trinajstić information content (AvgIpc) is 2.75. The average molecular weight is 700 g/mol. The summed E-state index contributed by atoms with van der Waals surface area (Å²) >= 11 is 0. The number of halogens is 17. The predicted octanol–water partition coefficient (Wildman–Crippen LogP) is 2.89. The molecule has 0 spiro atoms. The smallest absolute Gasteiger partial charge is 0.460 e. The van der Waals surface area contributed by atoms with Gasteiger partial charge in [-0.15, -0.1) is 0 Å². The van der Waals surface area contributed by atoms with Crippen LogP contribution < -0.4 is 5.11 Å². The van der Waals surface area contributed by atoms with Gasteiger partial charge in [0.15, 0.2) is 0 Å². The van der Waals surface area contributed by atoms with Crippen LogP contribution in [0.2, 0.25) is 0 Å². The highest BCUT2D eigenvalue weighted by Gasteiger charge is 2.96. The highest BCUT2D eigenvalue weighted by Crippen LogP contribution is 2.64. The van der Waals surface area contributed by atoms with Gasteiger partial charge in [0.25, 0.3) is 10.0 Å². The monoisotopic (exact) mass is 700 g/mol. The number of carbonyl (C=O) groups is 2. The Bertz CT molecular complexity index is 1150. The molecule has 0 saturated heterocycles. The Labute approximate surface area is 228 Å². The number of carbonyl (C=O) groups excluding carboxylic acids is 1. The summed E-state index contributed by atoms with van der Waals surface area (Å²) in [5, 5.41) is 11.4. The molecular formula is C17H17F17N2O6S. The number of hydrogen-bond donors (Lipinski definition) is 1. The normalized spacial score (nSPS) is 15.6. The van der Waals surface area contributed by atoms with Crippen LogP contribution in [0.4, 0.5) is 74.6 Å². The molecule has 8 nitrogen and oxygen atoms in total. The van der Waals surface area contributed by atoms with Crippen LogP contribution >= 0.6 is 0 Å². The molecule has 0 heterocycles. The standard InChI is InChI=1S/C17H17F17N2O6S/c1-36(2,7-9(39)40)5-3-4-35(6-8(37)38)43(41,42)17(33,34)15(28,29)13(24,25)11(20,21)10(18,19)12(22,23)14(26,27)16(30,31)32/h3-7H2,1-2H3,(H-,37,38,39,40). The molecule has 0 aliphatic rings. The van der Waals surface area contributed by atoms with Crippen molar-refractivity contribution in [2.45, 2.75) is 53.4 Å². The van der Waals surface area contributed by atoms with Crippen molar-refractivity contribution in [3.63, 3.8) is 0 Å². The third-order valence-electron chi connectivity index (χ3n) is 5.40. The number of hydrogen-bond acceptors (Lipinski definition) is 5. The van der Waals surface area contributed by atoms with Gasteiger partial charge in [-0.3, -0.25) is 4.79 Å². The first-order valence-electron chi connectivity index (χ1n) is 10.4. The summed E-state index contributed by atoms with van der Waals surface area (Å²) in [6.45, 7) is -5.77. The minimum atomic E-state index is -9.02. The maximum atomic E-state index is 14.4. The second-order valence-corrected chi connectivity index (χ2v) is 11.2. The second kappa shape index (κ2) is 11.5. The van der Waals surface area contributed by atoms with E-state index in [1.165, 1.54) is 0 Å². The van der Waals surface area contributed by atoms with Crippen molar-refractivity contribution in [2.75, 3.05) is 40.3 Å². The third kappa shape index (κ3) is 6.68. The van der Waals surface area contributed by atoms with Gasteiger partial charge in [0, 0.05) is 13.0 Å². The molecule has 0 aliphatic carbocycles. The number of aliphatic carboxylic acids is 2. The van der Waals surface area contributed by atoms with Crippen LogP contribution in [-0.4, -0.2) is 121 Å². The van der Waals surface area contributed by atoms with Crippen LogP contribution in [0.25, 0.3) is 0 Å². The summed E-state index contributed by atoms with van der Waals surface area (Å²) in [6.07, 6.45) is -8.98. The molecule has 0 unspecified atom stereocenters. The van der Waals surface area contributed by atoms with Crippen LogP contribution in [-0.2, 0) is 19.6 Å². The van der Waals surface area contributed by atoms with Gasteiger partial charge in [0.2, 0.25) is 0 Å². The molecule has 0 aromatic carbocycles. The van der Waals surface area contributed by atoms with Crippen molar-refractivity contribution in [2.24, 2.45) is 0 Å². The third-order valence-corrected chi connectivity index (χ3v) is 7.29. The Kier molecular flexibility index (Phi) is 10.9. The molecule has 0 atom stereocenters. The highest BCUT2D eigenvalue weighted by atomic mass is 32.2. The molecule has 0 radical (unpaired) electrons. The van der Waals surface area contributed by atoms with Crippen molar-refractivity contribution in [3.8, 4) is 0 Å². The van der Waals surface area contributed by atoms with Gasteiger partial charge in [0.1, 0.15) is 13.1 Å². The maximum absolute atomic E-state index is 14.4. The Morgan fingerprint density at radius 1 is 0.698 bits per heavy atom. The lowest BCUT2D eigenvalue weighted by Crippen LogP contribution is -2.75. The fourth-order valence-corrected chi connectivity index (χ4v) is 4.44. The summed E-state index contributed by atoms with van der Waals surface area (Å²) in [7, 11) is -5.76. The van der Waals surface area contributed by atoms with E-state index in [4.69, 9.17) is 5.11 Å². The molecule has 256 valence electrons. The first-order chi connectivity index (χ1) is 18.4. The van der Waals surface area contributed by atoms with Crippen molar-refractivity contribution < 1.29 is 107 Å². The van der Waals surface area contributed by atoms with E-state index in [0.29, 0.717) is 0 Å². The van der Waals surface area contributed by atoms with Gasteiger partial charge in [-0.1, -0.05) is 0 Å². The van der Waals surface area contributed by atoms with Crippen molar-refractivity contribution in [1.82, 2.24) is 4.31 Å². The van der Waals surface area contributed by atoms with Crippen molar-refractivity contribution in [1.29, 1.82) is 0 Å². The summed E-state index contributed by atoms with van der Waals surface area (Å²) in [5.74, 6) is -57.0. The Morgan fingerprint density at radius 3 is 1.37 bits per heavy atom.